The number of carbonyl (C=O) groups excluding carboxylic acids is 1. The zero-order chi connectivity index (χ0) is 20.1. The first kappa shape index (κ1) is 19.8. The van der Waals surface area contributed by atoms with Gasteiger partial charge in [-0.3, -0.25) is 9.78 Å². The molecule has 2 aromatic rings. The summed E-state index contributed by atoms with van der Waals surface area (Å²) in [5, 5.41) is 3.09. The second-order valence-electron chi connectivity index (χ2n) is 7.85. The molecule has 1 saturated heterocycles. The maximum absolute atomic E-state index is 13.0. The highest BCUT2D eigenvalue weighted by Crippen LogP contribution is 2.29. The fourth-order valence-electron chi connectivity index (χ4n) is 4.11. The predicted molar refractivity (Wildman–Crippen MR) is 108 cm³/mol. The topological polar surface area (TPSA) is 67.3 Å². The Labute approximate surface area is 170 Å². The van der Waals surface area contributed by atoms with Gasteiger partial charge in [-0.05, 0) is 36.6 Å². The summed E-state index contributed by atoms with van der Waals surface area (Å²) in [5.74, 6) is 1.13. The predicted octanol–water partition coefficient (Wildman–Crippen LogP) is 4.23. The van der Waals surface area contributed by atoms with Gasteiger partial charge in [-0.2, -0.15) is 0 Å². The van der Waals surface area contributed by atoms with Crippen molar-refractivity contribution in [2.45, 2.75) is 44.6 Å². The minimum absolute atomic E-state index is 0.211. The number of pyridine rings is 2. The molecule has 3 heterocycles. The van der Waals surface area contributed by atoms with E-state index < -0.39 is 0 Å². The molecule has 0 unspecified atom stereocenters. The van der Waals surface area contributed by atoms with Crippen LogP contribution in [0.2, 0.25) is 0 Å². The van der Waals surface area contributed by atoms with E-state index in [0.717, 1.165) is 29.9 Å². The molecule has 6 nitrogen and oxygen atoms in total. The number of rotatable bonds is 6. The van der Waals surface area contributed by atoms with Crippen molar-refractivity contribution in [3.05, 3.63) is 48.2 Å². The average Bonchev–Trinajstić information content (AvgIpc) is 3.28. The highest BCUT2D eigenvalue weighted by molar-refractivity contribution is 5.76. The number of anilines is 2. The van der Waals surface area contributed by atoms with Crippen molar-refractivity contribution in [2.24, 2.45) is 5.92 Å². The van der Waals surface area contributed by atoms with Crippen LogP contribution >= 0.6 is 0 Å². The maximum Gasteiger partial charge on any atom is 0.222 e. The van der Waals surface area contributed by atoms with E-state index in [0.29, 0.717) is 31.9 Å². The molecule has 7 heteroatoms. The summed E-state index contributed by atoms with van der Waals surface area (Å²) < 4.78 is 18.8. The summed E-state index contributed by atoms with van der Waals surface area (Å²) in [6.45, 7) is 1.72. The van der Waals surface area contributed by atoms with Gasteiger partial charge in [0.15, 0.2) is 0 Å². The van der Waals surface area contributed by atoms with Crippen molar-refractivity contribution >= 4 is 17.4 Å². The van der Waals surface area contributed by atoms with Gasteiger partial charge in [0.05, 0.1) is 36.9 Å². The van der Waals surface area contributed by atoms with Crippen molar-refractivity contribution in [1.82, 2.24) is 14.9 Å². The van der Waals surface area contributed by atoms with Gasteiger partial charge in [0, 0.05) is 13.0 Å². The SMILES string of the molecule is O=C(CCC1CCCC1)N1CCO[C@@H](c2ccc(Nc3ccc(F)cn3)cn2)C1. The van der Waals surface area contributed by atoms with Crippen LogP contribution in [0.4, 0.5) is 15.9 Å². The second kappa shape index (κ2) is 9.31. The minimum Gasteiger partial charge on any atom is -0.368 e. The van der Waals surface area contributed by atoms with Gasteiger partial charge in [-0.1, -0.05) is 25.7 Å². The zero-order valence-corrected chi connectivity index (χ0v) is 16.5. The molecular weight excluding hydrogens is 371 g/mol. The quantitative estimate of drug-likeness (QED) is 0.789. The van der Waals surface area contributed by atoms with E-state index in [-0.39, 0.29) is 17.8 Å². The summed E-state index contributed by atoms with van der Waals surface area (Å²) in [6.07, 6.45) is 9.47. The number of halogens is 1. The molecule has 1 amide bonds. The number of nitrogens with one attached hydrogen (secondary N) is 1. The van der Waals surface area contributed by atoms with Crippen molar-refractivity contribution in [2.75, 3.05) is 25.0 Å². The molecule has 4 rings (SSSR count). The number of nitrogens with zero attached hydrogens (tertiary/aromatic N) is 3. The van der Waals surface area contributed by atoms with E-state index in [2.05, 4.69) is 15.3 Å². The lowest BCUT2D eigenvalue weighted by atomic mass is 10.0. The number of ether oxygens (including phenoxy) is 1. The molecule has 1 aliphatic heterocycles. The fourth-order valence-corrected chi connectivity index (χ4v) is 4.11. The van der Waals surface area contributed by atoms with Crippen LogP contribution in [0.3, 0.4) is 0 Å². The van der Waals surface area contributed by atoms with Gasteiger partial charge >= 0.3 is 0 Å². The van der Waals surface area contributed by atoms with Crippen LogP contribution in [0.25, 0.3) is 0 Å². The first-order valence-corrected chi connectivity index (χ1v) is 10.4. The monoisotopic (exact) mass is 398 g/mol. The normalized spacial score (nSPS) is 20.0. The average molecular weight is 398 g/mol. The first-order chi connectivity index (χ1) is 14.2. The Morgan fingerprint density at radius 1 is 1.17 bits per heavy atom. The molecule has 29 heavy (non-hydrogen) atoms. The summed E-state index contributed by atoms with van der Waals surface area (Å²) >= 11 is 0. The molecule has 0 spiro atoms. The molecule has 2 aromatic heterocycles. The molecule has 2 fully saturated rings. The number of amides is 1. The summed E-state index contributed by atoms with van der Waals surface area (Å²) in [6, 6.07) is 6.70. The van der Waals surface area contributed by atoms with Crippen LogP contribution in [-0.4, -0.2) is 40.5 Å². The van der Waals surface area contributed by atoms with Gasteiger partial charge < -0.3 is 15.0 Å². The minimum atomic E-state index is -0.374. The van der Waals surface area contributed by atoms with Crippen molar-refractivity contribution in [3.63, 3.8) is 0 Å². The smallest absolute Gasteiger partial charge is 0.222 e. The van der Waals surface area contributed by atoms with Crippen LogP contribution in [0.5, 0.6) is 0 Å². The number of aromatic nitrogens is 2. The van der Waals surface area contributed by atoms with E-state index >= 15 is 0 Å². The Morgan fingerprint density at radius 3 is 2.76 bits per heavy atom. The van der Waals surface area contributed by atoms with Gasteiger partial charge in [0.2, 0.25) is 5.91 Å². The molecule has 2 aliphatic rings. The third-order valence-electron chi connectivity index (χ3n) is 5.78. The molecule has 154 valence electrons. The van der Waals surface area contributed by atoms with Gasteiger partial charge in [-0.15, -0.1) is 0 Å². The van der Waals surface area contributed by atoms with E-state index in [1.54, 1.807) is 12.3 Å². The van der Waals surface area contributed by atoms with E-state index in [4.69, 9.17) is 4.74 Å². The second-order valence-corrected chi connectivity index (χ2v) is 7.85. The number of hydrogen-bond donors (Lipinski definition) is 1. The third kappa shape index (κ3) is 5.29. The summed E-state index contributed by atoms with van der Waals surface area (Å²) in [5.41, 5.74) is 1.56. The summed E-state index contributed by atoms with van der Waals surface area (Å²) in [4.78, 5) is 23.0. The van der Waals surface area contributed by atoms with E-state index in [9.17, 15) is 9.18 Å². The van der Waals surface area contributed by atoms with E-state index in [1.807, 2.05) is 17.0 Å². The lowest BCUT2D eigenvalue weighted by Crippen LogP contribution is -2.42. The largest absolute Gasteiger partial charge is 0.368 e. The number of morpholine rings is 1. The highest BCUT2D eigenvalue weighted by atomic mass is 19.1. The molecule has 1 N–H and O–H groups in total. The third-order valence-corrected chi connectivity index (χ3v) is 5.78. The van der Waals surface area contributed by atoms with Crippen molar-refractivity contribution in [1.29, 1.82) is 0 Å². The zero-order valence-electron chi connectivity index (χ0n) is 16.5. The standard InChI is InChI=1S/C22H27FN4O2/c23-17-6-9-21(25-13-17)26-18-7-8-19(24-14-18)20-15-27(11-12-29-20)22(28)10-5-16-3-1-2-4-16/h6-9,13-14,16,20H,1-5,10-12,15H2,(H,25,26)/t20-/m1/s1. The Morgan fingerprint density at radius 2 is 2.03 bits per heavy atom. The maximum atomic E-state index is 13.0. The van der Waals surface area contributed by atoms with Crippen molar-refractivity contribution < 1.29 is 13.9 Å². The molecule has 0 radical (unpaired) electrons. The first-order valence-electron chi connectivity index (χ1n) is 10.4. The lowest BCUT2D eigenvalue weighted by Gasteiger charge is -2.33. The van der Waals surface area contributed by atoms with E-state index in [1.165, 1.54) is 31.7 Å². The highest BCUT2D eigenvalue weighted by Gasteiger charge is 2.27. The molecule has 0 bridgehead atoms. The van der Waals surface area contributed by atoms with Crippen LogP contribution in [-0.2, 0) is 9.53 Å². The van der Waals surface area contributed by atoms with Crippen LogP contribution in [0, 0.1) is 11.7 Å². The molecule has 1 aliphatic carbocycles. The molecular formula is C22H27FN4O2. The van der Waals surface area contributed by atoms with Crippen LogP contribution < -0.4 is 5.32 Å². The Bertz CT molecular complexity index is 807. The number of carbonyl (C=O) groups is 1. The number of hydrogen-bond acceptors (Lipinski definition) is 5. The summed E-state index contributed by atoms with van der Waals surface area (Å²) in [7, 11) is 0. The van der Waals surface area contributed by atoms with Gasteiger partial charge in [0.1, 0.15) is 17.7 Å². The molecule has 1 atom stereocenters. The Kier molecular flexibility index (Phi) is 6.34. The van der Waals surface area contributed by atoms with Crippen molar-refractivity contribution in [3.8, 4) is 0 Å². The Hall–Kier alpha value is -2.54. The lowest BCUT2D eigenvalue weighted by molar-refractivity contribution is -0.139. The molecule has 1 saturated carbocycles. The van der Waals surface area contributed by atoms with Gasteiger partial charge in [0.25, 0.3) is 0 Å². The Balaban J connectivity index is 1.31. The fraction of sp³-hybridized carbons (Fsp3) is 0.500. The van der Waals surface area contributed by atoms with Crippen LogP contribution in [0.15, 0.2) is 36.7 Å². The van der Waals surface area contributed by atoms with Crippen LogP contribution in [0.1, 0.15) is 50.3 Å². The van der Waals surface area contributed by atoms with Gasteiger partial charge in [-0.25, -0.2) is 9.37 Å². The molecule has 0 aromatic carbocycles.